The van der Waals surface area contributed by atoms with Gasteiger partial charge in [0.15, 0.2) is 5.70 Å². The number of hydrogen-bond donors (Lipinski definition) is 0. The lowest BCUT2D eigenvalue weighted by Gasteiger charge is -2.08. The minimum absolute atomic E-state index is 0.281. The second-order valence-electron chi connectivity index (χ2n) is 5.80. The fourth-order valence-corrected chi connectivity index (χ4v) is 2.53. The van der Waals surface area contributed by atoms with Gasteiger partial charge in [0.1, 0.15) is 5.75 Å². The molecule has 1 aliphatic heterocycles. The van der Waals surface area contributed by atoms with Gasteiger partial charge in [0.25, 0.3) is 0 Å². The molecule has 0 spiro atoms. The molecular formula is C21H21NO3. The maximum absolute atomic E-state index is 12.1. The van der Waals surface area contributed by atoms with Crippen LogP contribution in [0.4, 0.5) is 0 Å². The van der Waals surface area contributed by atoms with Crippen molar-refractivity contribution in [2.24, 2.45) is 4.99 Å². The monoisotopic (exact) mass is 335 g/mol. The molecule has 2 aromatic rings. The van der Waals surface area contributed by atoms with Gasteiger partial charge in [0.05, 0.1) is 6.61 Å². The van der Waals surface area contributed by atoms with E-state index < -0.39 is 5.97 Å². The van der Waals surface area contributed by atoms with Gasteiger partial charge >= 0.3 is 5.97 Å². The zero-order valence-electron chi connectivity index (χ0n) is 14.3. The average Bonchev–Trinajstić information content (AvgIpc) is 3.01. The lowest BCUT2D eigenvalue weighted by Crippen LogP contribution is -2.05. The maximum atomic E-state index is 12.1. The molecule has 0 bridgehead atoms. The Morgan fingerprint density at radius 1 is 1.04 bits per heavy atom. The van der Waals surface area contributed by atoms with Crippen molar-refractivity contribution in [3.63, 3.8) is 0 Å². The number of cyclic esters (lactones) is 1. The Kier molecular flexibility index (Phi) is 5.62. The summed E-state index contributed by atoms with van der Waals surface area (Å²) in [5, 5.41) is 0. The van der Waals surface area contributed by atoms with Gasteiger partial charge in [-0.3, -0.25) is 0 Å². The van der Waals surface area contributed by atoms with Crippen LogP contribution in [0.3, 0.4) is 0 Å². The summed E-state index contributed by atoms with van der Waals surface area (Å²) in [7, 11) is 0. The van der Waals surface area contributed by atoms with E-state index in [0.717, 1.165) is 36.1 Å². The number of aliphatic imine (C=N–C) groups is 1. The largest absolute Gasteiger partial charge is 0.493 e. The van der Waals surface area contributed by atoms with E-state index in [2.05, 4.69) is 11.9 Å². The van der Waals surface area contributed by atoms with Crippen LogP contribution in [0.2, 0.25) is 0 Å². The highest BCUT2D eigenvalue weighted by Crippen LogP contribution is 2.25. The van der Waals surface area contributed by atoms with E-state index >= 15 is 0 Å². The Balaban J connectivity index is 1.80. The van der Waals surface area contributed by atoms with Crippen molar-refractivity contribution < 1.29 is 14.3 Å². The number of ether oxygens (including phenoxy) is 2. The first-order valence-electron chi connectivity index (χ1n) is 8.57. The maximum Gasteiger partial charge on any atom is 0.363 e. The van der Waals surface area contributed by atoms with E-state index in [1.807, 2.05) is 54.6 Å². The second-order valence-corrected chi connectivity index (χ2v) is 5.80. The predicted octanol–water partition coefficient (Wildman–Crippen LogP) is 4.60. The zero-order chi connectivity index (χ0) is 17.5. The Bertz CT molecular complexity index is 794. The van der Waals surface area contributed by atoms with E-state index in [-0.39, 0.29) is 5.70 Å². The van der Waals surface area contributed by atoms with Crippen LogP contribution >= 0.6 is 0 Å². The van der Waals surface area contributed by atoms with E-state index in [4.69, 9.17) is 9.47 Å². The van der Waals surface area contributed by atoms with Crippen LogP contribution in [0.1, 0.15) is 37.3 Å². The van der Waals surface area contributed by atoms with Crippen molar-refractivity contribution in [2.75, 3.05) is 6.61 Å². The summed E-state index contributed by atoms with van der Waals surface area (Å²) in [6.45, 7) is 2.82. The minimum Gasteiger partial charge on any atom is -0.493 e. The molecular weight excluding hydrogens is 314 g/mol. The zero-order valence-corrected chi connectivity index (χ0v) is 14.3. The highest BCUT2D eigenvalue weighted by molar-refractivity contribution is 6.12. The number of benzene rings is 2. The molecule has 0 aliphatic carbocycles. The molecule has 3 rings (SSSR count). The van der Waals surface area contributed by atoms with Gasteiger partial charge in [-0.15, -0.1) is 0 Å². The topological polar surface area (TPSA) is 47.9 Å². The van der Waals surface area contributed by atoms with Gasteiger partial charge in [-0.25, -0.2) is 9.79 Å². The molecule has 0 radical (unpaired) electrons. The first-order valence-corrected chi connectivity index (χ1v) is 8.57. The van der Waals surface area contributed by atoms with Gasteiger partial charge in [-0.1, -0.05) is 56.2 Å². The highest BCUT2D eigenvalue weighted by Gasteiger charge is 2.24. The number of esters is 1. The number of hydrogen-bond acceptors (Lipinski definition) is 4. The Hall–Kier alpha value is -2.88. The van der Waals surface area contributed by atoms with Crippen LogP contribution in [0.25, 0.3) is 6.08 Å². The summed E-state index contributed by atoms with van der Waals surface area (Å²) in [5.41, 5.74) is 1.89. The van der Waals surface area contributed by atoms with E-state index in [9.17, 15) is 4.79 Å². The van der Waals surface area contributed by atoms with Crippen LogP contribution in [0.5, 0.6) is 5.75 Å². The van der Waals surface area contributed by atoms with Crippen LogP contribution in [-0.4, -0.2) is 18.5 Å². The van der Waals surface area contributed by atoms with Crippen molar-refractivity contribution in [2.45, 2.75) is 26.2 Å². The first-order chi connectivity index (χ1) is 12.3. The smallest absolute Gasteiger partial charge is 0.363 e. The molecule has 0 N–H and O–H groups in total. The van der Waals surface area contributed by atoms with Crippen LogP contribution < -0.4 is 4.74 Å². The van der Waals surface area contributed by atoms with Gasteiger partial charge in [0, 0.05) is 11.1 Å². The Labute approximate surface area is 147 Å². The van der Waals surface area contributed by atoms with Crippen molar-refractivity contribution >= 4 is 17.9 Å². The molecule has 25 heavy (non-hydrogen) atoms. The normalized spacial score (nSPS) is 15.2. The number of carbonyl (C=O) groups is 1. The molecule has 0 atom stereocenters. The molecule has 0 unspecified atom stereocenters. The number of para-hydroxylation sites is 1. The van der Waals surface area contributed by atoms with Crippen molar-refractivity contribution in [1.29, 1.82) is 0 Å². The molecule has 4 nitrogen and oxygen atoms in total. The highest BCUT2D eigenvalue weighted by atomic mass is 16.6. The lowest BCUT2D eigenvalue weighted by atomic mass is 10.1. The van der Waals surface area contributed by atoms with Crippen LogP contribution in [-0.2, 0) is 9.53 Å². The van der Waals surface area contributed by atoms with Gasteiger partial charge < -0.3 is 9.47 Å². The third kappa shape index (κ3) is 4.35. The Morgan fingerprint density at radius 2 is 1.80 bits per heavy atom. The summed E-state index contributed by atoms with van der Waals surface area (Å²) in [5.74, 6) is 0.639. The van der Waals surface area contributed by atoms with Gasteiger partial charge in [0.2, 0.25) is 5.90 Å². The Morgan fingerprint density at radius 3 is 2.60 bits per heavy atom. The molecule has 0 fully saturated rings. The van der Waals surface area contributed by atoms with Crippen LogP contribution in [0, 0.1) is 0 Å². The van der Waals surface area contributed by atoms with E-state index in [1.165, 1.54) is 0 Å². The first kappa shape index (κ1) is 17.0. The molecule has 4 heteroatoms. The number of rotatable bonds is 7. The van der Waals surface area contributed by atoms with Gasteiger partial charge in [-0.05, 0) is 30.7 Å². The summed E-state index contributed by atoms with van der Waals surface area (Å²) >= 11 is 0. The minimum atomic E-state index is -0.445. The number of nitrogens with zero attached hydrogens (tertiary/aromatic N) is 1. The molecule has 2 aromatic carbocycles. The molecule has 1 heterocycles. The fraction of sp³-hybridized carbons (Fsp3) is 0.238. The van der Waals surface area contributed by atoms with Crippen molar-refractivity contribution in [1.82, 2.24) is 0 Å². The average molecular weight is 335 g/mol. The quantitative estimate of drug-likeness (QED) is 0.422. The third-order valence-electron chi connectivity index (χ3n) is 3.86. The van der Waals surface area contributed by atoms with Crippen molar-refractivity contribution in [3.8, 4) is 5.75 Å². The molecule has 128 valence electrons. The van der Waals surface area contributed by atoms with Crippen molar-refractivity contribution in [3.05, 3.63) is 71.4 Å². The summed E-state index contributed by atoms with van der Waals surface area (Å²) in [6.07, 6.45) is 5.02. The predicted molar refractivity (Wildman–Crippen MR) is 98.5 cm³/mol. The van der Waals surface area contributed by atoms with Crippen LogP contribution in [0.15, 0.2) is 65.3 Å². The molecule has 1 aliphatic rings. The molecule has 0 saturated carbocycles. The third-order valence-corrected chi connectivity index (χ3v) is 3.86. The lowest BCUT2D eigenvalue weighted by molar-refractivity contribution is -0.129. The second kappa shape index (κ2) is 8.29. The molecule has 0 aromatic heterocycles. The number of carbonyl (C=O) groups excluding carboxylic acids is 1. The number of unbranched alkanes of at least 4 members (excludes halogenated alkanes) is 2. The van der Waals surface area contributed by atoms with E-state index in [1.54, 1.807) is 6.08 Å². The summed E-state index contributed by atoms with van der Waals surface area (Å²) < 4.78 is 11.1. The standard InChI is InChI=1S/C21H21NO3/c1-2-3-9-14-24-19-13-8-7-12-17(19)15-18-21(23)25-20(22-18)16-10-5-4-6-11-16/h4-8,10-13,15H,2-3,9,14H2,1H3. The summed E-state index contributed by atoms with van der Waals surface area (Å²) in [4.78, 5) is 16.5. The molecule has 0 amide bonds. The van der Waals surface area contributed by atoms with E-state index in [0.29, 0.717) is 12.5 Å². The fourth-order valence-electron chi connectivity index (χ4n) is 2.53. The summed E-state index contributed by atoms with van der Waals surface area (Å²) in [6, 6.07) is 17.0. The van der Waals surface area contributed by atoms with Gasteiger partial charge in [-0.2, -0.15) is 0 Å². The molecule has 0 saturated heterocycles. The SMILES string of the molecule is CCCCCOc1ccccc1C=C1N=C(c2ccccc2)OC1=O.